The first-order chi connectivity index (χ1) is 15.7. The van der Waals surface area contributed by atoms with Crippen LogP contribution >= 0.6 is 0 Å². The van der Waals surface area contributed by atoms with E-state index in [1.807, 2.05) is 19.9 Å². The number of fused-ring (bicyclic) bond motifs is 2. The molecule has 2 bridgehead atoms. The Morgan fingerprint density at radius 1 is 1.00 bits per heavy atom. The van der Waals surface area contributed by atoms with E-state index in [0.29, 0.717) is 29.0 Å². The molecule has 0 aliphatic heterocycles. The Hall–Kier alpha value is -2.74. The zero-order valence-corrected chi connectivity index (χ0v) is 20.4. The average Bonchev–Trinajstić information content (AvgIpc) is 3.39. The van der Waals surface area contributed by atoms with E-state index in [0.717, 1.165) is 30.4 Å². The fourth-order valence-corrected chi connectivity index (χ4v) is 6.74. The summed E-state index contributed by atoms with van der Waals surface area (Å²) in [6.07, 6.45) is 4.53. The number of hydrogen-bond donors (Lipinski definition) is 1. The maximum Gasteiger partial charge on any atom is 0.264 e. The minimum absolute atomic E-state index is 0.0343. The van der Waals surface area contributed by atoms with E-state index in [2.05, 4.69) is 5.32 Å². The van der Waals surface area contributed by atoms with Crippen molar-refractivity contribution in [1.82, 2.24) is 5.32 Å². The first-order valence-corrected chi connectivity index (χ1v) is 12.8. The number of amides is 1. The van der Waals surface area contributed by atoms with Crippen LogP contribution in [0.25, 0.3) is 0 Å². The third kappa shape index (κ3) is 4.81. The molecule has 2 aliphatic rings. The summed E-state index contributed by atoms with van der Waals surface area (Å²) in [5.74, 6) is 1.66. The van der Waals surface area contributed by atoms with Gasteiger partial charge in [0, 0.05) is 12.1 Å². The number of carbonyl (C=O) groups excluding carboxylic acids is 1. The van der Waals surface area contributed by atoms with E-state index in [1.165, 1.54) is 37.1 Å². The first-order valence-electron chi connectivity index (χ1n) is 11.3. The second-order valence-corrected chi connectivity index (χ2v) is 11.1. The smallest absolute Gasteiger partial charge is 0.264 e. The van der Waals surface area contributed by atoms with Gasteiger partial charge < -0.3 is 14.8 Å². The van der Waals surface area contributed by atoms with Crippen LogP contribution in [0, 0.1) is 25.7 Å². The van der Waals surface area contributed by atoms with E-state index >= 15 is 0 Å². The van der Waals surface area contributed by atoms with Crippen LogP contribution in [-0.4, -0.2) is 41.1 Å². The molecule has 2 aliphatic carbocycles. The molecule has 0 spiro atoms. The predicted octanol–water partition coefficient (Wildman–Crippen LogP) is 3.82. The summed E-state index contributed by atoms with van der Waals surface area (Å²) in [5.41, 5.74) is 2.31. The van der Waals surface area contributed by atoms with Crippen LogP contribution in [0.1, 0.15) is 36.8 Å². The quantitative estimate of drug-likeness (QED) is 0.631. The number of nitrogens with zero attached hydrogens (tertiary/aromatic N) is 1. The number of nitrogens with one attached hydrogen (secondary N) is 1. The molecule has 0 saturated heterocycles. The van der Waals surface area contributed by atoms with Gasteiger partial charge in [-0.05, 0) is 80.3 Å². The second-order valence-electron chi connectivity index (χ2n) is 9.22. The van der Waals surface area contributed by atoms with Crippen molar-refractivity contribution in [3.8, 4) is 11.5 Å². The molecule has 2 aromatic rings. The van der Waals surface area contributed by atoms with Crippen LogP contribution in [0.2, 0.25) is 0 Å². The van der Waals surface area contributed by atoms with Gasteiger partial charge in [-0.15, -0.1) is 0 Å². The molecule has 0 unspecified atom stereocenters. The highest BCUT2D eigenvalue weighted by Gasteiger charge is 2.40. The highest BCUT2D eigenvalue weighted by molar-refractivity contribution is 7.92. The van der Waals surface area contributed by atoms with E-state index in [1.54, 1.807) is 18.2 Å². The van der Waals surface area contributed by atoms with Crippen molar-refractivity contribution in [3.63, 3.8) is 0 Å². The number of anilines is 1. The number of ether oxygens (including phenoxy) is 2. The standard InChI is InChI=1S/C25H32N2O5S/c1-16-9-17(2)11-20(10-16)27(15-25(28)26-22-13-18-5-6-19(22)12-18)33(29,30)21-7-8-23(31-3)24(14-21)32-4/h7-11,14,18-19,22H,5-6,12-13,15H2,1-4H3,(H,26,28)/t18-,19-,22-/m0/s1. The fourth-order valence-electron chi connectivity index (χ4n) is 5.32. The zero-order chi connectivity index (χ0) is 23.8. The van der Waals surface area contributed by atoms with Gasteiger partial charge >= 0.3 is 0 Å². The van der Waals surface area contributed by atoms with Crippen molar-refractivity contribution in [1.29, 1.82) is 0 Å². The Kier molecular flexibility index (Phi) is 6.56. The molecule has 2 aromatic carbocycles. The van der Waals surface area contributed by atoms with Crippen molar-refractivity contribution >= 4 is 21.6 Å². The number of benzene rings is 2. The molecular formula is C25H32N2O5S. The molecule has 7 nitrogen and oxygen atoms in total. The van der Waals surface area contributed by atoms with Gasteiger partial charge in [0.05, 0.1) is 24.8 Å². The third-order valence-electron chi connectivity index (χ3n) is 6.81. The topological polar surface area (TPSA) is 84.9 Å². The Morgan fingerprint density at radius 2 is 1.70 bits per heavy atom. The largest absolute Gasteiger partial charge is 0.493 e. The van der Waals surface area contributed by atoms with Gasteiger partial charge in [-0.3, -0.25) is 9.10 Å². The lowest BCUT2D eigenvalue weighted by Gasteiger charge is -2.28. The lowest BCUT2D eigenvalue weighted by atomic mass is 9.95. The van der Waals surface area contributed by atoms with Crippen LogP contribution in [0.3, 0.4) is 0 Å². The Labute approximate surface area is 196 Å². The van der Waals surface area contributed by atoms with E-state index < -0.39 is 10.0 Å². The van der Waals surface area contributed by atoms with Crippen molar-refractivity contribution in [2.24, 2.45) is 11.8 Å². The minimum atomic E-state index is -4.05. The van der Waals surface area contributed by atoms with Crippen LogP contribution in [0.15, 0.2) is 41.3 Å². The Morgan fingerprint density at radius 3 is 2.27 bits per heavy atom. The number of carbonyl (C=O) groups is 1. The Bertz CT molecular complexity index is 1130. The summed E-state index contributed by atoms with van der Waals surface area (Å²) in [6.45, 7) is 3.54. The lowest BCUT2D eigenvalue weighted by molar-refractivity contribution is -0.120. The van der Waals surface area contributed by atoms with Gasteiger partial charge in [0.15, 0.2) is 11.5 Å². The fraction of sp³-hybridized carbons (Fsp3) is 0.480. The van der Waals surface area contributed by atoms with Crippen LogP contribution in [0.4, 0.5) is 5.69 Å². The summed E-state index contributed by atoms with van der Waals surface area (Å²) in [5, 5.41) is 3.11. The van der Waals surface area contributed by atoms with Crippen molar-refractivity contribution < 1.29 is 22.7 Å². The second kappa shape index (κ2) is 9.25. The number of aryl methyl sites for hydroxylation is 2. The van der Waals surface area contributed by atoms with Crippen LogP contribution in [0.5, 0.6) is 11.5 Å². The molecule has 0 aromatic heterocycles. The van der Waals surface area contributed by atoms with Crippen molar-refractivity contribution in [2.75, 3.05) is 25.1 Å². The van der Waals surface area contributed by atoms with Gasteiger partial charge in [0.1, 0.15) is 6.54 Å². The van der Waals surface area contributed by atoms with Crippen molar-refractivity contribution in [2.45, 2.75) is 50.5 Å². The minimum Gasteiger partial charge on any atom is -0.493 e. The SMILES string of the molecule is COc1ccc(S(=O)(=O)N(CC(=O)N[C@H]2C[C@H]3CC[C@H]2C3)c2cc(C)cc(C)c2)cc1OC. The van der Waals surface area contributed by atoms with E-state index in [9.17, 15) is 13.2 Å². The first kappa shape index (κ1) is 23.4. The van der Waals surface area contributed by atoms with Gasteiger partial charge in [-0.1, -0.05) is 12.5 Å². The summed E-state index contributed by atoms with van der Waals surface area (Å²) < 4.78 is 39.3. The molecular weight excluding hydrogens is 440 g/mol. The molecule has 3 atom stereocenters. The molecule has 1 N–H and O–H groups in total. The van der Waals surface area contributed by atoms with E-state index in [4.69, 9.17) is 9.47 Å². The normalized spacial score (nSPS) is 21.6. The summed E-state index contributed by atoms with van der Waals surface area (Å²) in [7, 11) is -1.10. The number of rotatable bonds is 8. The highest BCUT2D eigenvalue weighted by atomic mass is 32.2. The predicted molar refractivity (Wildman–Crippen MR) is 127 cm³/mol. The average molecular weight is 473 g/mol. The third-order valence-corrected chi connectivity index (χ3v) is 8.58. The summed E-state index contributed by atoms with van der Waals surface area (Å²) in [4.78, 5) is 13.1. The monoisotopic (exact) mass is 472 g/mol. The highest BCUT2D eigenvalue weighted by Crippen LogP contribution is 2.44. The molecule has 178 valence electrons. The maximum atomic E-state index is 13.8. The zero-order valence-electron chi connectivity index (χ0n) is 19.6. The summed E-state index contributed by atoms with van der Waals surface area (Å²) >= 11 is 0. The molecule has 0 heterocycles. The Balaban J connectivity index is 1.67. The number of methoxy groups -OCH3 is 2. The van der Waals surface area contributed by atoms with Crippen molar-refractivity contribution in [3.05, 3.63) is 47.5 Å². The molecule has 33 heavy (non-hydrogen) atoms. The van der Waals surface area contributed by atoms with Crippen LogP contribution < -0.4 is 19.1 Å². The van der Waals surface area contributed by atoms with Gasteiger partial charge in [0.2, 0.25) is 5.91 Å². The number of sulfonamides is 1. The molecule has 2 saturated carbocycles. The molecule has 8 heteroatoms. The molecule has 4 rings (SSSR count). The lowest BCUT2D eigenvalue weighted by Crippen LogP contribution is -2.46. The molecule has 1 amide bonds. The van der Waals surface area contributed by atoms with Crippen LogP contribution in [-0.2, 0) is 14.8 Å². The molecule has 0 radical (unpaired) electrons. The maximum absolute atomic E-state index is 13.8. The molecule has 2 fully saturated rings. The van der Waals surface area contributed by atoms with Gasteiger partial charge in [-0.25, -0.2) is 8.42 Å². The van der Waals surface area contributed by atoms with Gasteiger partial charge in [-0.2, -0.15) is 0 Å². The number of hydrogen-bond acceptors (Lipinski definition) is 5. The van der Waals surface area contributed by atoms with Gasteiger partial charge in [0.25, 0.3) is 10.0 Å². The summed E-state index contributed by atoms with van der Waals surface area (Å²) in [6, 6.07) is 10.1. The van der Waals surface area contributed by atoms with E-state index in [-0.39, 0.29) is 23.4 Å².